The van der Waals surface area contributed by atoms with Gasteiger partial charge in [-0.2, -0.15) is 0 Å². The van der Waals surface area contributed by atoms with Crippen LogP contribution in [0.25, 0.3) is 10.9 Å². The number of benzene rings is 2. The number of rotatable bonds is 7. The molecule has 3 aromatic rings. The summed E-state index contributed by atoms with van der Waals surface area (Å²) >= 11 is 0. The van der Waals surface area contributed by atoms with E-state index < -0.39 is 23.9 Å². The van der Waals surface area contributed by atoms with Crippen molar-refractivity contribution in [1.82, 2.24) is 10.3 Å². The molecule has 0 fully saturated rings. The van der Waals surface area contributed by atoms with Gasteiger partial charge in [0.15, 0.2) is 0 Å². The monoisotopic (exact) mass is 350 g/mol. The number of carbonyl (C=O) groups is 2. The second kappa shape index (κ2) is 7.84. The van der Waals surface area contributed by atoms with Crippen molar-refractivity contribution >= 4 is 22.7 Å². The maximum absolute atomic E-state index is 12.4. The fourth-order valence-corrected chi connectivity index (χ4v) is 2.98. The third-order valence-electron chi connectivity index (χ3n) is 4.39. The Labute approximate surface area is 151 Å². The van der Waals surface area contributed by atoms with E-state index >= 15 is 0 Å². The zero-order chi connectivity index (χ0) is 18.5. The van der Waals surface area contributed by atoms with Crippen LogP contribution >= 0.6 is 0 Å². The fraction of sp³-hybridized carbons (Fsp3) is 0.200. The van der Waals surface area contributed by atoms with Crippen molar-refractivity contribution in [2.75, 3.05) is 0 Å². The molecule has 3 rings (SSSR count). The summed E-state index contributed by atoms with van der Waals surface area (Å²) in [4.78, 5) is 27.4. The van der Waals surface area contributed by atoms with E-state index in [2.05, 4.69) is 10.3 Å². The number of H-pyrrole nitrogens is 1. The Hall–Kier alpha value is -3.12. The van der Waals surface area contributed by atoms with Gasteiger partial charge in [-0.05, 0) is 23.6 Å². The zero-order valence-electron chi connectivity index (χ0n) is 14.3. The van der Waals surface area contributed by atoms with Crippen molar-refractivity contribution in [3.8, 4) is 0 Å². The number of amides is 2. The first kappa shape index (κ1) is 17.7. The molecule has 0 saturated heterocycles. The predicted molar refractivity (Wildman–Crippen MR) is 101 cm³/mol. The molecule has 2 amide bonds. The molecular weight excluding hydrogens is 328 g/mol. The number of aromatic amines is 1. The fourth-order valence-electron chi connectivity index (χ4n) is 2.98. The molecule has 6 N–H and O–H groups in total. The quantitative estimate of drug-likeness (QED) is 0.514. The molecule has 0 saturated carbocycles. The summed E-state index contributed by atoms with van der Waals surface area (Å²) in [6.45, 7) is 0. The van der Waals surface area contributed by atoms with E-state index in [0.29, 0.717) is 12.8 Å². The normalized spacial score (nSPS) is 13.3. The number of primary amides is 1. The van der Waals surface area contributed by atoms with Gasteiger partial charge in [-0.1, -0.05) is 48.5 Å². The summed E-state index contributed by atoms with van der Waals surface area (Å²) in [6.07, 6.45) is 2.53. The molecule has 1 heterocycles. The molecule has 0 aliphatic carbocycles. The van der Waals surface area contributed by atoms with Gasteiger partial charge in [0.05, 0.1) is 6.04 Å². The Morgan fingerprint density at radius 1 is 1.00 bits per heavy atom. The summed E-state index contributed by atoms with van der Waals surface area (Å²) in [6, 6.07) is 15.7. The average Bonchev–Trinajstić information content (AvgIpc) is 3.05. The van der Waals surface area contributed by atoms with Crippen LogP contribution in [0.4, 0.5) is 0 Å². The van der Waals surface area contributed by atoms with Gasteiger partial charge in [-0.25, -0.2) is 0 Å². The van der Waals surface area contributed by atoms with E-state index in [4.69, 9.17) is 11.5 Å². The van der Waals surface area contributed by atoms with Gasteiger partial charge in [0.25, 0.3) is 0 Å². The maximum atomic E-state index is 12.4. The molecule has 2 aromatic carbocycles. The van der Waals surface area contributed by atoms with Gasteiger partial charge >= 0.3 is 0 Å². The number of nitrogens with one attached hydrogen (secondary N) is 2. The maximum Gasteiger partial charge on any atom is 0.240 e. The van der Waals surface area contributed by atoms with E-state index in [-0.39, 0.29) is 0 Å². The summed E-state index contributed by atoms with van der Waals surface area (Å²) in [5.74, 6) is -0.979. The highest BCUT2D eigenvalue weighted by Gasteiger charge is 2.23. The summed E-state index contributed by atoms with van der Waals surface area (Å²) in [5, 5.41) is 3.69. The first-order valence-electron chi connectivity index (χ1n) is 8.49. The van der Waals surface area contributed by atoms with Crippen LogP contribution in [0.3, 0.4) is 0 Å². The van der Waals surface area contributed by atoms with Crippen LogP contribution in [0.2, 0.25) is 0 Å². The molecule has 2 atom stereocenters. The topological polar surface area (TPSA) is 114 Å². The van der Waals surface area contributed by atoms with Crippen LogP contribution in [0.1, 0.15) is 11.1 Å². The molecule has 0 aliphatic heterocycles. The summed E-state index contributed by atoms with van der Waals surface area (Å²) in [5.41, 5.74) is 14.3. The predicted octanol–water partition coefficient (Wildman–Crippen LogP) is 1.25. The standard InChI is InChI=1S/C20H22N4O2/c21-16(10-13-6-2-1-3-7-13)20(26)24-18(19(22)25)11-14-12-23-17-9-5-4-8-15(14)17/h1-9,12,16,18,23H,10-11,21H2,(H2,22,25)(H,24,26)/t16-,18-/m0/s1. The second-order valence-electron chi connectivity index (χ2n) is 6.32. The lowest BCUT2D eigenvalue weighted by atomic mass is 10.0. The number of para-hydroxylation sites is 1. The smallest absolute Gasteiger partial charge is 0.240 e. The first-order chi connectivity index (χ1) is 12.5. The van der Waals surface area contributed by atoms with Crippen LogP contribution < -0.4 is 16.8 Å². The molecule has 6 nitrogen and oxygen atoms in total. The number of hydrogen-bond acceptors (Lipinski definition) is 3. The van der Waals surface area contributed by atoms with Gasteiger partial charge in [0.1, 0.15) is 6.04 Å². The van der Waals surface area contributed by atoms with Gasteiger partial charge in [-0.3, -0.25) is 9.59 Å². The molecule has 26 heavy (non-hydrogen) atoms. The molecule has 0 bridgehead atoms. The van der Waals surface area contributed by atoms with Gasteiger partial charge in [-0.15, -0.1) is 0 Å². The highest BCUT2D eigenvalue weighted by Crippen LogP contribution is 2.19. The van der Waals surface area contributed by atoms with Crippen LogP contribution in [-0.4, -0.2) is 28.9 Å². The van der Waals surface area contributed by atoms with Gasteiger partial charge in [0.2, 0.25) is 11.8 Å². The number of aromatic nitrogens is 1. The third kappa shape index (κ3) is 4.10. The van der Waals surface area contributed by atoms with Crippen molar-refractivity contribution in [3.63, 3.8) is 0 Å². The molecule has 0 radical (unpaired) electrons. The van der Waals surface area contributed by atoms with Crippen LogP contribution in [-0.2, 0) is 22.4 Å². The van der Waals surface area contributed by atoms with Gasteiger partial charge < -0.3 is 21.8 Å². The van der Waals surface area contributed by atoms with E-state index in [1.54, 1.807) is 0 Å². The number of nitrogens with two attached hydrogens (primary N) is 2. The molecule has 0 spiro atoms. The van der Waals surface area contributed by atoms with E-state index in [0.717, 1.165) is 22.0 Å². The van der Waals surface area contributed by atoms with Crippen LogP contribution in [0.5, 0.6) is 0 Å². The van der Waals surface area contributed by atoms with Crippen molar-refractivity contribution in [2.45, 2.75) is 24.9 Å². The molecule has 1 aromatic heterocycles. The Morgan fingerprint density at radius 3 is 2.42 bits per heavy atom. The minimum atomic E-state index is -0.816. The lowest BCUT2D eigenvalue weighted by Crippen LogP contribution is -2.51. The molecule has 0 aliphatic rings. The second-order valence-corrected chi connectivity index (χ2v) is 6.32. The van der Waals surface area contributed by atoms with Crippen LogP contribution in [0, 0.1) is 0 Å². The number of fused-ring (bicyclic) bond motifs is 1. The average molecular weight is 350 g/mol. The van der Waals surface area contributed by atoms with Crippen molar-refractivity contribution in [1.29, 1.82) is 0 Å². The van der Waals surface area contributed by atoms with Crippen molar-refractivity contribution in [2.24, 2.45) is 11.5 Å². The van der Waals surface area contributed by atoms with E-state index in [1.165, 1.54) is 0 Å². The minimum Gasteiger partial charge on any atom is -0.368 e. The molecule has 6 heteroatoms. The Bertz CT molecular complexity index is 904. The largest absolute Gasteiger partial charge is 0.368 e. The lowest BCUT2D eigenvalue weighted by Gasteiger charge is -2.18. The highest BCUT2D eigenvalue weighted by molar-refractivity contribution is 5.90. The summed E-state index contributed by atoms with van der Waals surface area (Å²) < 4.78 is 0. The van der Waals surface area contributed by atoms with Crippen molar-refractivity contribution in [3.05, 3.63) is 71.9 Å². The van der Waals surface area contributed by atoms with E-state index in [1.807, 2.05) is 60.8 Å². The summed E-state index contributed by atoms with van der Waals surface area (Å²) in [7, 11) is 0. The number of hydrogen-bond donors (Lipinski definition) is 4. The Balaban J connectivity index is 1.68. The Kier molecular flexibility index (Phi) is 5.34. The van der Waals surface area contributed by atoms with Gasteiger partial charge in [0, 0.05) is 23.5 Å². The molecule has 0 unspecified atom stereocenters. The minimum absolute atomic E-state index is 0.309. The zero-order valence-corrected chi connectivity index (χ0v) is 14.3. The highest BCUT2D eigenvalue weighted by atomic mass is 16.2. The third-order valence-corrected chi connectivity index (χ3v) is 4.39. The molecular formula is C20H22N4O2. The first-order valence-corrected chi connectivity index (χ1v) is 8.49. The van der Waals surface area contributed by atoms with Crippen molar-refractivity contribution < 1.29 is 9.59 Å². The SMILES string of the molecule is NC(=O)[C@H](Cc1c[nH]c2ccccc12)NC(=O)[C@@H](N)Cc1ccccc1. The van der Waals surface area contributed by atoms with E-state index in [9.17, 15) is 9.59 Å². The Morgan fingerprint density at radius 2 is 1.69 bits per heavy atom. The van der Waals surface area contributed by atoms with Crippen LogP contribution in [0.15, 0.2) is 60.8 Å². The number of carbonyl (C=O) groups excluding carboxylic acids is 2. The lowest BCUT2D eigenvalue weighted by molar-refractivity contribution is -0.128. The molecule has 134 valence electrons.